The quantitative estimate of drug-likeness (QED) is 0.874. The van der Waals surface area contributed by atoms with Crippen molar-refractivity contribution in [2.45, 2.75) is 44.1 Å². The van der Waals surface area contributed by atoms with Crippen molar-refractivity contribution >= 4 is 0 Å². The summed E-state index contributed by atoms with van der Waals surface area (Å²) < 4.78 is 10.7. The number of hydrogen-bond acceptors (Lipinski definition) is 5. The fraction of sp³-hybridized carbons (Fsp3) is 0.579. The minimum absolute atomic E-state index is 0.428. The molecule has 2 fully saturated rings. The van der Waals surface area contributed by atoms with Crippen LogP contribution in [0.5, 0.6) is 11.5 Å². The van der Waals surface area contributed by atoms with Crippen LogP contribution < -0.4 is 9.47 Å². The second-order valence-corrected chi connectivity index (χ2v) is 7.12. The van der Waals surface area contributed by atoms with Gasteiger partial charge in [-0.25, -0.2) is 4.98 Å². The van der Waals surface area contributed by atoms with Crippen LogP contribution in [-0.2, 0) is 6.54 Å². The molecule has 1 aliphatic carbocycles. The van der Waals surface area contributed by atoms with Crippen LogP contribution in [0.15, 0.2) is 18.2 Å². The van der Waals surface area contributed by atoms with Crippen LogP contribution in [0.3, 0.4) is 0 Å². The highest BCUT2D eigenvalue weighted by molar-refractivity contribution is 5.42. The summed E-state index contributed by atoms with van der Waals surface area (Å²) in [6, 6.07) is 6.16. The zero-order valence-corrected chi connectivity index (χ0v) is 15.0. The summed E-state index contributed by atoms with van der Waals surface area (Å²) in [7, 11) is 3.35. The van der Waals surface area contributed by atoms with Crippen molar-refractivity contribution < 1.29 is 9.47 Å². The Hall–Kier alpha value is -2.08. The maximum absolute atomic E-state index is 5.42. The van der Waals surface area contributed by atoms with E-state index in [1.165, 1.54) is 31.2 Å². The maximum Gasteiger partial charge on any atom is 0.161 e. The first kappa shape index (κ1) is 16.4. The molecule has 1 saturated carbocycles. The Balaban J connectivity index is 1.42. The van der Waals surface area contributed by atoms with Crippen molar-refractivity contribution in [3.05, 3.63) is 35.4 Å². The second-order valence-electron chi connectivity index (χ2n) is 7.12. The van der Waals surface area contributed by atoms with E-state index in [-0.39, 0.29) is 0 Å². The molecule has 1 aromatic heterocycles. The highest BCUT2D eigenvalue weighted by Crippen LogP contribution is 2.38. The van der Waals surface area contributed by atoms with E-state index in [1.54, 1.807) is 14.2 Å². The standard InChI is InChI=1S/C19H26N4O2/c1-24-16-8-5-13(10-17(16)25-2)11-23-9-3-4-15(12-23)19-20-18(21-22-19)14-6-7-14/h5,8,10,14-15H,3-4,6-7,9,11-12H2,1-2H3,(H,20,21,22)/t15-/m1/s1. The maximum atomic E-state index is 5.42. The minimum Gasteiger partial charge on any atom is -0.493 e. The van der Waals surface area contributed by atoms with Crippen LogP contribution in [0.2, 0.25) is 0 Å². The van der Waals surface area contributed by atoms with Gasteiger partial charge in [0.25, 0.3) is 0 Å². The molecule has 1 saturated heterocycles. The van der Waals surface area contributed by atoms with Gasteiger partial charge >= 0.3 is 0 Å². The van der Waals surface area contributed by atoms with Gasteiger partial charge in [0.05, 0.1) is 14.2 Å². The SMILES string of the molecule is COc1ccc(CN2CCC[C@@H](c3n[nH]c(C4CC4)n3)C2)cc1OC. The summed E-state index contributed by atoms with van der Waals surface area (Å²) in [5.74, 6) is 4.71. The molecule has 1 aromatic carbocycles. The number of aromatic nitrogens is 3. The molecule has 2 heterocycles. The van der Waals surface area contributed by atoms with Gasteiger partial charge in [-0.2, -0.15) is 5.10 Å². The Kier molecular flexibility index (Phi) is 4.61. The number of hydrogen-bond donors (Lipinski definition) is 1. The first-order valence-electron chi connectivity index (χ1n) is 9.12. The molecule has 25 heavy (non-hydrogen) atoms. The molecule has 0 amide bonds. The largest absolute Gasteiger partial charge is 0.493 e. The smallest absolute Gasteiger partial charge is 0.161 e. The molecule has 1 atom stereocenters. The Labute approximate surface area is 148 Å². The molecule has 1 aliphatic heterocycles. The fourth-order valence-electron chi connectivity index (χ4n) is 3.66. The number of benzene rings is 1. The highest BCUT2D eigenvalue weighted by Gasteiger charge is 2.30. The molecule has 6 nitrogen and oxygen atoms in total. The van der Waals surface area contributed by atoms with E-state index < -0.39 is 0 Å². The number of piperidine rings is 1. The van der Waals surface area contributed by atoms with Crippen molar-refractivity contribution in [2.24, 2.45) is 0 Å². The molecule has 0 radical (unpaired) electrons. The third-order valence-electron chi connectivity index (χ3n) is 5.21. The van der Waals surface area contributed by atoms with Crippen LogP contribution in [0.4, 0.5) is 0 Å². The average molecular weight is 342 g/mol. The first-order valence-corrected chi connectivity index (χ1v) is 9.12. The lowest BCUT2D eigenvalue weighted by Gasteiger charge is -2.31. The van der Waals surface area contributed by atoms with Gasteiger partial charge in [-0.15, -0.1) is 0 Å². The van der Waals surface area contributed by atoms with Crippen molar-refractivity contribution in [2.75, 3.05) is 27.3 Å². The summed E-state index contributed by atoms with van der Waals surface area (Å²) in [4.78, 5) is 7.25. The predicted molar refractivity (Wildman–Crippen MR) is 95.2 cm³/mol. The van der Waals surface area contributed by atoms with Gasteiger partial charge in [0.15, 0.2) is 17.3 Å². The molecule has 0 unspecified atom stereocenters. The predicted octanol–water partition coefficient (Wildman–Crippen LogP) is 3.08. The van der Waals surface area contributed by atoms with Crippen molar-refractivity contribution in [1.29, 1.82) is 0 Å². The van der Waals surface area contributed by atoms with Gasteiger partial charge in [-0.3, -0.25) is 10.00 Å². The summed E-state index contributed by atoms with van der Waals surface area (Å²) >= 11 is 0. The molecule has 2 aliphatic rings. The second kappa shape index (κ2) is 7.04. The lowest BCUT2D eigenvalue weighted by molar-refractivity contribution is 0.196. The molecule has 6 heteroatoms. The number of ether oxygens (including phenoxy) is 2. The minimum atomic E-state index is 0.428. The third kappa shape index (κ3) is 3.63. The average Bonchev–Trinajstić information content (AvgIpc) is 3.38. The van der Waals surface area contributed by atoms with Crippen molar-refractivity contribution in [3.8, 4) is 11.5 Å². The molecule has 0 spiro atoms. The number of H-pyrrole nitrogens is 1. The lowest BCUT2D eigenvalue weighted by atomic mass is 9.97. The summed E-state index contributed by atoms with van der Waals surface area (Å²) in [5, 5.41) is 7.64. The normalized spacial score (nSPS) is 21.3. The molecule has 134 valence electrons. The summed E-state index contributed by atoms with van der Waals surface area (Å²) in [6.07, 6.45) is 4.87. The van der Waals surface area contributed by atoms with E-state index in [0.717, 1.165) is 42.8 Å². The van der Waals surface area contributed by atoms with Gasteiger partial charge in [-0.05, 0) is 49.9 Å². The van der Waals surface area contributed by atoms with Crippen LogP contribution in [-0.4, -0.2) is 47.4 Å². The van der Waals surface area contributed by atoms with Crippen LogP contribution in [0, 0.1) is 0 Å². The lowest BCUT2D eigenvalue weighted by Crippen LogP contribution is -2.34. The van der Waals surface area contributed by atoms with Crippen molar-refractivity contribution in [1.82, 2.24) is 20.1 Å². The zero-order chi connectivity index (χ0) is 17.2. The van der Waals surface area contributed by atoms with Gasteiger partial charge in [0.2, 0.25) is 0 Å². The van der Waals surface area contributed by atoms with E-state index in [9.17, 15) is 0 Å². The van der Waals surface area contributed by atoms with Crippen LogP contribution >= 0.6 is 0 Å². The zero-order valence-electron chi connectivity index (χ0n) is 15.0. The summed E-state index contributed by atoms with van der Waals surface area (Å²) in [6.45, 7) is 3.04. The van der Waals surface area contributed by atoms with Crippen molar-refractivity contribution in [3.63, 3.8) is 0 Å². The van der Waals surface area contributed by atoms with E-state index >= 15 is 0 Å². The fourth-order valence-corrected chi connectivity index (χ4v) is 3.66. The Morgan fingerprint density at radius 3 is 2.72 bits per heavy atom. The Morgan fingerprint density at radius 2 is 1.96 bits per heavy atom. The topological polar surface area (TPSA) is 63.3 Å². The summed E-state index contributed by atoms with van der Waals surface area (Å²) in [5.41, 5.74) is 1.24. The van der Waals surface area contributed by atoms with Crippen LogP contribution in [0.25, 0.3) is 0 Å². The van der Waals surface area contributed by atoms with Gasteiger partial charge in [-0.1, -0.05) is 6.07 Å². The molecular formula is C19H26N4O2. The number of likely N-dealkylation sites (tertiary alicyclic amines) is 1. The Morgan fingerprint density at radius 1 is 1.12 bits per heavy atom. The van der Waals surface area contributed by atoms with Gasteiger partial charge in [0.1, 0.15) is 5.82 Å². The molecule has 0 bridgehead atoms. The number of nitrogens with zero attached hydrogens (tertiary/aromatic N) is 3. The number of aromatic amines is 1. The third-order valence-corrected chi connectivity index (χ3v) is 5.21. The number of rotatable bonds is 6. The molecular weight excluding hydrogens is 316 g/mol. The first-order chi connectivity index (χ1) is 12.3. The van der Waals surface area contributed by atoms with E-state index in [4.69, 9.17) is 14.5 Å². The van der Waals surface area contributed by atoms with Gasteiger partial charge in [0, 0.05) is 24.9 Å². The number of methoxy groups -OCH3 is 2. The van der Waals surface area contributed by atoms with Gasteiger partial charge < -0.3 is 9.47 Å². The highest BCUT2D eigenvalue weighted by atomic mass is 16.5. The van der Waals surface area contributed by atoms with E-state index in [0.29, 0.717) is 11.8 Å². The van der Waals surface area contributed by atoms with E-state index in [2.05, 4.69) is 27.2 Å². The van der Waals surface area contributed by atoms with E-state index in [1.807, 2.05) is 6.07 Å². The molecule has 2 aromatic rings. The molecule has 1 N–H and O–H groups in total. The monoisotopic (exact) mass is 342 g/mol. The van der Waals surface area contributed by atoms with Crippen LogP contribution in [0.1, 0.15) is 54.7 Å². The Bertz CT molecular complexity index is 726. The molecule has 4 rings (SSSR count). The number of nitrogens with one attached hydrogen (secondary N) is 1.